The monoisotopic (exact) mass is 838 g/mol. The van der Waals surface area contributed by atoms with E-state index in [1.54, 1.807) is 47.0 Å². The Labute approximate surface area is 364 Å². The molecule has 4 fully saturated rings. The van der Waals surface area contributed by atoms with Crippen LogP contribution in [0.5, 0.6) is 0 Å². The fraction of sp³-hybridized carbons (Fsp3) is 0.458. The lowest BCUT2D eigenvalue weighted by Gasteiger charge is -2.16. The first-order valence-electron chi connectivity index (χ1n) is 21.7. The molecule has 0 bridgehead atoms. The molecule has 2 saturated carbocycles. The molecule has 4 aromatic heterocycles. The highest BCUT2D eigenvalue weighted by atomic mass is 32.2. The summed E-state index contributed by atoms with van der Waals surface area (Å²) in [6.45, 7) is 11.7. The van der Waals surface area contributed by atoms with Crippen LogP contribution in [0, 0.1) is 24.7 Å². The van der Waals surface area contributed by atoms with Crippen molar-refractivity contribution in [2.75, 3.05) is 50.8 Å². The van der Waals surface area contributed by atoms with Crippen molar-refractivity contribution in [1.82, 2.24) is 49.3 Å². The third kappa shape index (κ3) is 9.12. The molecule has 312 valence electrons. The Morgan fingerprint density at radius 1 is 0.583 bits per heavy atom. The van der Waals surface area contributed by atoms with Crippen molar-refractivity contribution in [2.45, 2.75) is 74.5 Å². The van der Waals surface area contributed by atoms with Gasteiger partial charge in [0.15, 0.2) is 22.0 Å². The third-order valence-corrected chi connectivity index (χ3v) is 15.7. The summed E-state index contributed by atoms with van der Waals surface area (Å²) in [6.07, 6.45) is 15.1. The molecule has 60 heavy (non-hydrogen) atoms. The summed E-state index contributed by atoms with van der Waals surface area (Å²) in [5, 5.41) is 19.4. The zero-order valence-corrected chi connectivity index (χ0v) is 37.2. The van der Waals surface area contributed by atoms with Crippen LogP contribution in [-0.4, -0.2) is 100 Å². The van der Waals surface area contributed by atoms with E-state index >= 15 is 0 Å². The molecule has 10 nitrogen and oxygen atoms in total. The first-order valence-corrected chi connectivity index (χ1v) is 23.7. The first-order chi connectivity index (χ1) is 29.3. The summed E-state index contributed by atoms with van der Waals surface area (Å²) >= 11 is 3.60. The van der Waals surface area contributed by atoms with E-state index in [-0.39, 0.29) is 0 Å². The topological polar surface area (TPSA) is 93.7 Å². The molecule has 6 heterocycles. The Morgan fingerprint density at radius 3 is 1.42 bits per heavy atom. The van der Waals surface area contributed by atoms with Gasteiger partial charge in [0.1, 0.15) is 0 Å². The smallest absolute Gasteiger partial charge is 0.191 e. The number of pyridine rings is 2. The molecule has 6 aromatic rings. The molecule has 4 aliphatic rings. The van der Waals surface area contributed by atoms with E-state index < -0.39 is 0 Å². The highest BCUT2D eigenvalue weighted by Crippen LogP contribution is 2.65. The lowest BCUT2D eigenvalue weighted by atomic mass is 9.98. The van der Waals surface area contributed by atoms with Crippen LogP contribution in [0.4, 0.5) is 0 Å². The van der Waals surface area contributed by atoms with Gasteiger partial charge in [-0.3, -0.25) is 9.97 Å². The minimum absolute atomic E-state index is 0.560. The predicted molar refractivity (Wildman–Crippen MR) is 243 cm³/mol. The molecule has 4 atom stereocenters. The number of nitrogens with zero attached hydrogens (tertiary/aromatic N) is 10. The Kier molecular flexibility index (Phi) is 12.3. The SMILES string of the molecule is Cc1ccc([C@@H]2C[C@@]23CCN(CCCSc2nnc(-c4cccnc4)n2C)C3)cc1.Cc1ccc([C@H]2C[C@]23CCN(CCCSc2nnc(-c4cccnc4)n2C)C3)cc1. The van der Waals surface area contributed by atoms with Gasteiger partial charge >= 0.3 is 0 Å². The Bertz CT molecular complexity index is 2170. The lowest BCUT2D eigenvalue weighted by molar-refractivity contribution is 0.319. The molecule has 2 aliphatic carbocycles. The molecule has 0 radical (unpaired) electrons. The van der Waals surface area contributed by atoms with Crippen molar-refractivity contribution in [3.63, 3.8) is 0 Å². The largest absolute Gasteiger partial charge is 0.305 e. The van der Waals surface area contributed by atoms with Crippen LogP contribution in [0.15, 0.2) is 108 Å². The zero-order valence-electron chi connectivity index (χ0n) is 35.6. The van der Waals surface area contributed by atoms with Crippen molar-refractivity contribution < 1.29 is 0 Å². The maximum absolute atomic E-state index is 4.38. The van der Waals surface area contributed by atoms with E-state index in [0.29, 0.717) is 10.8 Å². The van der Waals surface area contributed by atoms with Gasteiger partial charge in [-0.1, -0.05) is 83.2 Å². The van der Waals surface area contributed by atoms with Crippen molar-refractivity contribution in [2.24, 2.45) is 24.9 Å². The summed E-state index contributed by atoms with van der Waals surface area (Å²) in [5.41, 5.74) is 8.94. The van der Waals surface area contributed by atoms with Gasteiger partial charge < -0.3 is 18.9 Å². The predicted octanol–water partition coefficient (Wildman–Crippen LogP) is 9.09. The van der Waals surface area contributed by atoms with Crippen molar-refractivity contribution in [1.29, 1.82) is 0 Å². The molecule has 0 unspecified atom stereocenters. The number of benzene rings is 2. The molecule has 2 saturated heterocycles. The Morgan fingerprint density at radius 2 is 1.02 bits per heavy atom. The molecule has 10 rings (SSSR count). The number of likely N-dealkylation sites (tertiary alicyclic amines) is 2. The molecule has 0 N–H and O–H groups in total. The standard InChI is InChI=1S/2C24H29N5S/c2*1-18-6-8-19(9-7-18)21-15-24(21)10-13-29(17-24)12-4-14-30-23-27-26-22(28(23)2)20-5-3-11-25-16-20/h2*3,5-9,11,16,21H,4,10,12-15,17H2,1-2H3/t2*21-,24+/m10/s1. The van der Waals surface area contributed by atoms with Crippen molar-refractivity contribution in [3.8, 4) is 22.8 Å². The summed E-state index contributed by atoms with van der Waals surface area (Å²) in [5.74, 6) is 5.46. The van der Waals surface area contributed by atoms with Gasteiger partial charge in [0.05, 0.1) is 0 Å². The van der Waals surface area contributed by atoms with Gasteiger partial charge in [-0.25, -0.2) is 0 Å². The number of rotatable bonds is 14. The summed E-state index contributed by atoms with van der Waals surface area (Å²) in [4.78, 5) is 13.7. The van der Waals surface area contributed by atoms with Crippen LogP contribution >= 0.6 is 23.5 Å². The fourth-order valence-electron chi connectivity index (χ4n) is 9.76. The molecular formula is C48H58N10S2. The number of hydrogen-bond donors (Lipinski definition) is 0. The number of aromatic nitrogens is 8. The highest BCUT2D eigenvalue weighted by molar-refractivity contribution is 7.99. The average molecular weight is 839 g/mol. The molecule has 2 aliphatic heterocycles. The highest BCUT2D eigenvalue weighted by Gasteiger charge is 2.58. The maximum Gasteiger partial charge on any atom is 0.191 e. The van der Waals surface area contributed by atoms with Gasteiger partial charge in [0.25, 0.3) is 0 Å². The van der Waals surface area contributed by atoms with Gasteiger partial charge in [-0.05, 0) is 137 Å². The number of aryl methyl sites for hydroxylation is 2. The van der Waals surface area contributed by atoms with E-state index in [4.69, 9.17) is 0 Å². The second-order valence-corrected chi connectivity index (χ2v) is 19.9. The van der Waals surface area contributed by atoms with E-state index in [1.807, 2.05) is 50.8 Å². The minimum atomic E-state index is 0.560. The van der Waals surface area contributed by atoms with Crippen molar-refractivity contribution in [3.05, 3.63) is 120 Å². The number of hydrogen-bond acceptors (Lipinski definition) is 10. The fourth-order valence-corrected chi connectivity index (χ4v) is 11.4. The van der Waals surface area contributed by atoms with Crippen LogP contribution in [0.2, 0.25) is 0 Å². The van der Waals surface area contributed by atoms with E-state index in [2.05, 4.69) is 112 Å². The molecule has 2 aromatic carbocycles. The molecule has 0 amide bonds. The number of thioether (sulfide) groups is 2. The maximum atomic E-state index is 4.38. The summed E-state index contributed by atoms with van der Waals surface area (Å²) in [6, 6.07) is 26.3. The Balaban J connectivity index is 0.000000154. The third-order valence-electron chi connectivity index (χ3n) is 13.5. The second-order valence-electron chi connectivity index (χ2n) is 17.7. The van der Waals surface area contributed by atoms with Gasteiger partial charge in [0, 0.05) is 74.6 Å². The van der Waals surface area contributed by atoms with E-state index in [0.717, 1.165) is 56.4 Å². The lowest BCUT2D eigenvalue weighted by Crippen LogP contribution is -2.23. The summed E-state index contributed by atoms with van der Waals surface area (Å²) < 4.78 is 4.14. The minimum Gasteiger partial charge on any atom is -0.305 e. The van der Waals surface area contributed by atoms with Gasteiger partial charge in [-0.15, -0.1) is 20.4 Å². The van der Waals surface area contributed by atoms with Crippen LogP contribution in [0.1, 0.15) is 72.6 Å². The van der Waals surface area contributed by atoms with Gasteiger partial charge in [0.2, 0.25) is 0 Å². The molecular weight excluding hydrogens is 781 g/mol. The normalized spacial score (nSPS) is 23.3. The van der Waals surface area contributed by atoms with Crippen LogP contribution in [0.25, 0.3) is 22.8 Å². The quantitative estimate of drug-likeness (QED) is 0.0782. The van der Waals surface area contributed by atoms with Crippen LogP contribution in [-0.2, 0) is 14.1 Å². The molecule has 2 spiro atoms. The summed E-state index contributed by atoms with van der Waals surface area (Å²) in [7, 11) is 4.07. The first kappa shape index (κ1) is 41.0. The van der Waals surface area contributed by atoms with Crippen LogP contribution < -0.4 is 0 Å². The second kappa shape index (κ2) is 17.9. The van der Waals surface area contributed by atoms with Gasteiger partial charge in [-0.2, -0.15) is 0 Å². The average Bonchev–Trinajstić information content (AvgIpc) is 3.80. The Hall–Kier alpha value is -4.36. The van der Waals surface area contributed by atoms with Crippen molar-refractivity contribution >= 4 is 23.5 Å². The van der Waals surface area contributed by atoms with E-state index in [1.165, 1.54) is 88.9 Å². The van der Waals surface area contributed by atoms with Crippen LogP contribution in [0.3, 0.4) is 0 Å². The molecule has 12 heteroatoms. The van der Waals surface area contributed by atoms with E-state index in [9.17, 15) is 0 Å². The zero-order chi connectivity index (χ0) is 41.1.